The van der Waals surface area contributed by atoms with Crippen molar-refractivity contribution in [3.8, 4) is 0 Å². The molecule has 0 aliphatic carbocycles. The smallest absolute Gasteiger partial charge is 0.244 e. The summed E-state index contributed by atoms with van der Waals surface area (Å²) in [6.45, 7) is 4.41. The van der Waals surface area contributed by atoms with Crippen LogP contribution in [-0.2, 0) is 16.6 Å². The van der Waals surface area contributed by atoms with Crippen LogP contribution in [0.1, 0.15) is 18.3 Å². The van der Waals surface area contributed by atoms with E-state index in [4.69, 9.17) is 0 Å². The Morgan fingerprint density at radius 2 is 2.00 bits per heavy atom. The molecule has 0 bridgehead atoms. The van der Waals surface area contributed by atoms with Crippen LogP contribution in [0.3, 0.4) is 0 Å². The van der Waals surface area contributed by atoms with Crippen molar-refractivity contribution in [2.45, 2.75) is 25.3 Å². The molecule has 0 unspecified atom stereocenters. The van der Waals surface area contributed by atoms with E-state index in [1.807, 2.05) is 13.8 Å². The first-order valence-electron chi connectivity index (χ1n) is 6.48. The predicted octanol–water partition coefficient (Wildman–Crippen LogP) is 1.09. The first-order chi connectivity index (χ1) is 10.0. The summed E-state index contributed by atoms with van der Waals surface area (Å²) in [6.07, 6.45) is 6.01. The third-order valence-electron chi connectivity index (χ3n) is 2.72. The number of anilines is 1. The molecule has 112 valence electrons. The molecule has 2 rings (SSSR count). The molecule has 2 heterocycles. The van der Waals surface area contributed by atoms with Crippen LogP contribution >= 0.6 is 0 Å². The molecule has 0 fully saturated rings. The first kappa shape index (κ1) is 15.3. The second kappa shape index (κ2) is 6.59. The van der Waals surface area contributed by atoms with Crippen molar-refractivity contribution >= 4 is 15.7 Å². The zero-order valence-electron chi connectivity index (χ0n) is 11.9. The number of hydrogen-bond acceptors (Lipinski definition) is 6. The van der Waals surface area contributed by atoms with Crippen LogP contribution in [0.15, 0.2) is 35.7 Å². The number of aromatic nitrogens is 3. The van der Waals surface area contributed by atoms with Gasteiger partial charge in [0.1, 0.15) is 4.90 Å². The van der Waals surface area contributed by atoms with Crippen molar-refractivity contribution in [3.05, 3.63) is 42.2 Å². The van der Waals surface area contributed by atoms with E-state index in [9.17, 15) is 8.42 Å². The molecule has 0 amide bonds. The van der Waals surface area contributed by atoms with Crippen molar-refractivity contribution in [2.75, 3.05) is 11.9 Å². The average Bonchev–Trinajstić information content (AvgIpc) is 2.47. The third kappa shape index (κ3) is 3.96. The molecule has 2 N–H and O–H groups in total. The normalized spacial score (nSPS) is 11.3. The van der Waals surface area contributed by atoms with E-state index in [1.54, 1.807) is 24.7 Å². The zero-order valence-corrected chi connectivity index (χ0v) is 12.7. The van der Waals surface area contributed by atoms with Gasteiger partial charge in [-0.2, -0.15) is 0 Å². The van der Waals surface area contributed by atoms with Gasteiger partial charge >= 0.3 is 0 Å². The number of rotatable bonds is 6. The molecule has 0 saturated carbocycles. The molecule has 0 saturated heterocycles. The quantitative estimate of drug-likeness (QED) is 0.829. The molecular weight excluding hydrogens is 290 g/mol. The molecule has 7 nitrogen and oxygen atoms in total. The average molecular weight is 307 g/mol. The summed E-state index contributed by atoms with van der Waals surface area (Å²) in [5, 5.41) is 3.00. The predicted molar refractivity (Wildman–Crippen MR) is 79.2 cm³/mol. The molecule has 21 heavy (non-hydrogen) atoms. The lowest BCUT2D eigenvalue weighted by atomic mass is 10.4. The molecule has 2 aromatic heterocycles. The van der Waals surface area contributed by atoms with E-state index >= 15 is 0 Å². The summed E-state index contributed by atoms with van der Waals surface area (Å²) in [6, 6.07) is 1.63. The maximum Gasteiger partial charge on any atom is 0.244 e. The highest BCUT2D eigenvalue weighted by molar-refractivity contribution is 7.89. The Morgan fingerprint density at radius 3 is 2.67 bits per heavy atom. The Morgan fingerprint density at radius 1 is 1.19 bits per heavy atom. The number of aryl methyl sites for hydroxylation is 1. The maximum absolute atomic E-state index is 12.3. The minimum Gasteiger partial charge on any atom is -0.384 e. The number of nitrogens with one attached hydrogen (secondary N) is 2. The van der Waals surface area contributed by atoms with Gasteiger partial charge in [-0.25, -0.2) is 13.1 Å². The zero-order chi connectivity index (χ0) is 15.3. The van der Waals surface area contributed by atoms with Gasteiger partial charge in [-0.05, 0) is 19.9 Å². The lowest BCUT2D eigenvalue weighted by Crippen LogP contribution is -2.25. The lowest BCUT2D eigenvalue weighted by molar-refractivity contribution is 0.580. The van der Waals surface area contributed by atoms with E-state index in [-0.39, 0.29) is 11.4 Å². The van der Waals surface area contributed by atoms with Gasteiger partial charge in [0, 0.05) is 25.1 Å². The summed E-state index contributed by atoms with van der Waals surface area (Å²) in [5.74, 6) is 0. The van der Waals surface area contributed by atoms with E-state index in [2.05, 4.69) is 25.0 Å². The van der Waals surface area contributed by atoms with Crippen molar-refractivity contribution in [3.63, 3.8) is 0 Å². The molecule has 0 aliphatic heterocycles. The monoisotopic (exact) mass is 307 g/mol. The van der Waals surface area contributed by atoms with Crippen LogP contribution < -0.4 is 10.0 Å². The fourth-order valence-corrected chi connectivity index (χ4v) is 2.81. The number of hydrogen-bond donors (Lipinski definition) is 2. The standard InChI is InChI=1S/C13H17N5O2S/c1-3-15-12-4-5-14-9-13(12)21(19,20)18-8-11-7-16-10(2)6-17-11/h4-7,9,18H,3,8H2,1-2H3,(H,14,15). The Hall–Kier alpha value is -2.06. The summed E-state index contributed by atoms with van der Waals surface area (Å²) in [7, 11) is -3.66. The van der Waals surface area contributed by atoms with E-state index < -0.39 is 10.0 Å². The molecular formula is C13H17N5O2S. The van der Waals surface area contributed by atoms with Crippen LogP contribution in [0.25, 0.3) is 0 Å². The van der Waals surface area contributed by atoms with Crippen LogP contribution in [0.2, 0.25) is 0 Å². The van der Waals surface area contributed by atoms with Gasteiger partial charge < -0.3 is 5.32 Å². The number of sulfonamides is 1. The Labute approximate surface area is 123 Å². The lowest BCUT2D eigenvalue weighted by Gasteiger charge is -2.11. The fourth-order valence-electron chi connectivity index (χ4n) is 1.69. The van der Waals surface area contributed by atoms with Crippen LogP contribution in [-0.4, -0.2) is 29.9 Å². The van der Waals surface area contributed by atoms with Gasteiger partial charge in [0.15, 0.2) is 0 Å². The molecule has 0 aliphatic rings. The number of pyridine rings is 1. The molecule has 0 radical (unpaired) electrons. The van der Waals surface area contributed by atoms with Crippen molar-refractivity contribution in [1.82, 2.24) is 19.7 Å². The highest BCUT2D eigenvalue weighted by Gasteiger charge is 2.18. The van der Waals surface area contributed by atoms with Crippen molar-refractivity contribution < 1.29 is 8.42 Å². The van der Waals surface area contributed by atoms with E-state index in [0.29, 0.717) is 17.9 Å². The summed E-state index contributed by atoms with van der Waals surface area (Å²) in [5.41, 5.74) is 1.86. The van der Waals surface area contributed by atoms with E-state index in [1.165, 1.54) is 6.20 Å². The molecule has 0 aromatic carbocycles. The topological polar surface area (TPSA) is 96.9 Å². The van der Waals surface area contributed by atoms with Crippen LogP contribution in [0, 0.1) is 6.92 Å². The molecule has 2 aromatic rings. The molecule has 0 spiro atoms. The second-order valence-electron chi connectivity index (χ2n) is 4.38. The van der Waals surface area contributed by atoms with Gasteiger partial charge in [0.05, 0.1) is 29.8 Å². The van der Waals surface area contributed by atoms with Gasteiger partial charge in [-0.15, -0.1) is 0 Å². The molecule has 8 heteroatoms. The first-order valence-corrected chi connectivity index (χ1v) is 7.96. The Balaban J connectivity index is 2.17. The Bertz CT molecular complexity index is 701. The van der Waals surface area contributed by atoms with Crippen molar-refractivity contribution in [2.24, 2.45) is 0 Å². The van der Waals surface area contributed by atoms with Crippen LogP contribution in [0.4, 0.5) is 5.69 Å². The summed E-state index contributed by atoms with van der Waals surface area (Å²) in [4.78, 5) is 12.2. The second-order valence-corrected chi connectivity index (χ2v) is 6.11. The van der Waals surface area contributed by atoms with Gasteiger partial charge in [-0.3, -0.25) is 15.0 Å². The molecule has 0 atom stereocenters. The van der Waals surface area contributed by atoms with E-state index in [0.717, 1.165) is 5.69 Å². The minimum absolute atomic E-state index is 0.0794. The summed E-state index contributed by atoms with van der Waals surface area (Å²) >= 11 is 0. The highest BCUT2D eigenvalue weighted by atomic mass is 32.2. The van der Waals surface area contributed by atoms with Gasteiger partial charge in [0.2, 0.25) is 10.0 Å². The summed E-state index contributed by atoms with van der Waals surface area (Å²) < 4.78 is 27.2. The minimum atomic E-state index is -3.66. The SMILES string of the molecule is CCNc1ccncc1S(=O)(=O)NCc1cnc(C)cn1. The number of nitrogens with zero attached hydrogens (tertiary/aromatic N) is 3. The third-order valence-corrected chi connectivity index (χ3v) is 4.15. The highest BCUT2D eigenvalue weighted by Crippen LogP contribution is 2.19. The fraction of sp³-hybridized carbons (Fsp3) is 0.308. The Kier molecular flexibility index (Phi) is 4.81. The maximum atomic E-state index is 12.3. The van der Waals surface area contributed by atoms with Gasteiger partial charge in [-0.1, -0.05) is 0 Å². The van der Waals surface area contributed by atoms with Crippen molar-refractivity contribution in [1.29, 1.82) is 0 Å². The van der Waals surface area contributed by atoms with Gasteiger partial charge in [0.25, 0.3) is 0 Å². The van der Waals surface area contributed by atoms with Crippen LogP contribution in [0.5, 0.6) is 0 Å². The largest absolute Gasteiger partial charge is 0.384 e.